The fourth-order valence-corrected chi connectivity index (χ4v) is 1.61. The molecule has 0 saturated carbocycles. The molecule has 0 aromatic carbocycles. The third-order valence-corrected chi connectivity index (χ3v) is 2.67. The number of anilines is 1. The smallest absolute Gasteiger partial charge is 0.186 e. The van der Waals surface area contributed by atoms with Crippen LogP contribution in [0.25, 0.3) is 0 Å². The minimum atomic E-state index is 0.450. The van der Waals surface area contributed by atoms with E-state index in [1.54, 1.807) is 0 Å². The third kappa shape index (κ3) is 2.32. The maximum atomic E-state index is 5.77. The Bertz CT molecular complexity index is 234. The lowest BCUT2D eigenvalue weighted by Crippen LogP contribution is -2.17. The summed E-state index contributed by atoms with van der Waals surface area (Å²) in [6.45, 7) is 4.27. The van der Waals surface area contributed by atoms with Gasteiger partial charge in [0.1, 0.15) is 0 Å². The lowest BCUT2D eigenvalue weighted by molar-refractivity contribution is 0.669. The van der Waals surface area contributed by atoms with E-state index < -0.39 is 0 Å². The van der Waals surface area contributed by atoms with Gasteiger partial charge in [0.15, 0.2) is 11.0 Å². The van der Waals surface area contributed by atoms with Gasteiger partial charge in [-0.3, -0.25) is 0 Å². The van der Waals surface area contributed by atoms with E-state index in [9.17, 15) is 0 Å². The van der Waals surface area contributed by atoms with E-state index in [-0.39, 0.29) is 0 Å². The van der Waals surface area contributed by atoms with Crippen LogP contribution < -0.4 is 5.32 Å². The highest BCUT2D eigenvalue weighted by Gasteiger charge is 2.08. The second kappa shape index (κ2) is 4.62. The maximum absolute atomic E-state index is 5.77. The van der Waals surface area contributed by atoms with E-state index in [0.717, 1.165) is 30.4 Å². The van der Waals surface area contributed by atoms with Crippen molar-refractivity contribution in [1.82, 2.24) is 8.75 Å². The summed E-state index contributed by atoms with van der Waals surface area (Å²) in [5.74, 6) is 0.718. The van der Waals surface area contributed by atoms with Gasteiger partial charge in [0.2, 0.25) is 0 Å². The molecule has 3 nitrogen and oxygen atoms in total. The van der Waals surface area contributed by atoms with Crippen LogP contribution in [0.5, 0.6) is 0 Å². The predicted molar refractivity (Wildman–Crippen MR) is 52.9 cm³/mol. The minimum Gasteiger partial charge on any atom is -0.364 e. The Kier molecular flexibility index (Phi) is 3.75. The van der Waals surface area contributed by atoms with Crippen molar-refractivity contribution < 1.29 is 0 Å². The molecule has 0 aliphatic heterocycles. The van der Waals surface area contributed by atoms with E-state index in [0.29, 0.717) is 11.2 Å². The van der Waals surface area contributed by atoms with E-state index in [1.807, 2.05) is 0 Å². The van der Waals surface area contributed by atoms with Crippen molar-refractivity contribution in [3.05, 3.63) is 5.15 Å². The number of nitrogens with one attached hydrogen (secondary N) is 1. The molecule has 0 fully saturated rings. The first kappa shape index (κ1) is 9.74. The van der Waals surface area contributed by atoms with Gasteiger partial charge in [-0.15, -0.1) is 0 Å². The molecule has 0 atom stereocenters. The molecule has 0 aliphatic rings. The van der Waals surface area contributed by atoms with E-state index in [4.69, 9.17) is 11.6 Å². The lowest BCUT2D eigenvalue weighted by Gasteiger charge is -2.13. The van der Waals surface area contributed by atoms with Crippen molar-refractivity contribution in [1.29, 1.82) is 0 Å². The number of hydrogen-bond donors (Lipinski definition) is 1. The molecule has 1 heterocycles. The molecule has 0 unspecified atom stereocenters. The largest absolute Gasteiger partial charge is 0.364 e. The van der Waals surface area contributed by atoms with Crippen LogP contribution in [0.1, 0.15) is 26.7 Å². The Labute approximate surface area is 81.5 Å². The predicted octanol–water partition coefficient (Wildman–Crippen LogP) is 2.79. The van der Waals surface area contributed by atoms with Crippen molar-refractivity contribution in [2.45, 2.75) is 32.7 Å². The lowest BCUT2D eigenvalue weighted by atomic mass is 10.2. The van der Waals surface area contributed by atoms with Gasteiger partial charge in [-0.2, -0.15) is 8.75 Å². The molecule has 0 bridgehead atoms. The summed E-state index contributed by atoms with van der Waals surface area (Å²) >= 11 is 6.91. The minimum absolute atomic E-state index is 0.450. The van der Waals surface area contributed by atoms with Crippen LogP contribution in [-0.4, -0.2) is 14.8 Å². The van der Waals surface area contributed by atoms with Gasteiger partial charge < -0.3 is 5.32 Å². The van der Waals surface area contributed by atoms with Gasteiger partial charge >= 0.3 is 0 Å². The summed E-state index contributed by atoms with van der Waals surface area (Å²) in [5.41, 5.74) is 0. The Hall–Kier alpha value is -0.350. The molecule has 0 amide bonds. The molecule has 0 saturated heterocycles. The van der Waals surface area contributed by atoms with Gasteiger partial charge in [0, 0.05) is 6.04 Å². The summed E-state index contributed by atoms with van der Waals surface area (Å²) in [4.78, 5) is 0. The van der Waals surface area contributed by atoms with Crippen LogP contribution in [0, 0.1) is 0 Å². The van der Waals surface area contributed by atoms with Gasteiger partial charge in [-0.05, 0) is 12.8 Å². The van der Waals surface area contributed by atoms with Gasteiger partial charge in [0.25, 0.3) is 0 Å². The van der Waals surface area contributed by atoms with Crippen molar-refractivity contribution in [3.63, 3.8) is 0 Å². The molecule has 5 heteroatoms. The first-order valence-electron chi connectivity index (χ1n) is 4.02. The fourth-order valence-electron chi connectivity index (χ4n) is 0.950. The van der Waals surface area contributed by atoms with Gasteiger partial charge in [-0.25, -0.2) is 0 Å². The summed E-state index contributed by atoms with van der Waals surface area (Å²) in [6, 6.07) is 0.450. The zero-order valence-corrected chi connectivity index (χ0v) is 8.74. The number of halogens is 1. The Morgan fingerprint density at radius 2 is 2.08 bits per heavy atom. The van der Waals surface area contributed by atoms with Crippen molar-refractivity contribution in [3.8, 4) is 0 Å². The molecule has 12 heavy (non-hydrogen) atoms. The van der Waals surface area contributed by atoms with Crippen LogP contribution in [-0.2, 0) is 0 Å². The second-order valence-electron chi connectivity index (χ2n) is 2.56. The van der Waals surface area contributed by atoms with Crippen molar-refractivity contribution >= 4 is 29.1 Å². The molecular formula is C7H12ClN3S. The number of aromatic nitrogens is 2. The van der Waals surface area contributed by atoms with Crippen molar-refractivity contribution in [2.75, 3.05) is 5.32 Å². The van der Waals surface area contributed by atoms with Crippen molar-refractivity contribution in [2.24, 2.45) is 0 Å². The average molecular weight is 206 g/mol. The standard InChI is InChI=1S/C7H12ClN3S/c1-3-5(4-2)9-7-6(8)10-12-11-7/h5H,3-4H2,1-2H3,(H,9,11). The normalized spacial score (nSPS) is 10.7. The number of nitrogens with zero attached hydrogens (tertiary/aromatic N) is 2. The van der Waals surface area contributed by atoms with Crippen LogP contribution in [0.3, 0.4) is 0 Å². The molecule has 0 spiro atoms. The van der Waals surface area contributed by atoms with E-state index >= 15 is 0 Å². The number of hydrogen-bond acceptors (Lipinski definition) is 4. The van der Waals surface area contributed by atoms with Crippen LogP contribution in [0.15, 0.2) is 0 Å². The summed E-state index contributed by atoms with van der Waals surface area (Å²) < 4.78 is 7.91. The quantitative estimate of drug-likeness (QED) is 0.822. The zero-order chi connectivity index (χ0) is 8.97. The molecular weight excluding hydrogens is 194 g/mol. The summed E-state index contributed by atoms with van der Waals surface area (Å²) in [5, 5.41) is 3.71. The van der Waals surface area contributed by atoms with Gasteiger partial charge in [0.05, 0.1) is 11.7 Å². The highest BCUT2D eigenvalue weighted by Crippen LogP contribution is 2.19. The van der Waals surface area contributed by atoms with Crippen LogP contribution >= 0.6 is 23.3 Å². The van der Waals surface area contributed by atoms with Crippen LogP contribution in [0.2, 0.25) is 5.15 Å². The fraction of sp³-hybridized carbons (Fsp3) is 0.714. The molecule has 1 aromatic heterocycles. The molecule has 0 radical (unpaired) electrons. The molecule has 68 valence electrons. The highest BCUT2D eigenvalue weighted by atomic mass is 35.5. The Morgan fingerprint density at radius 1 is 1.42 bits per heavy atom. The molecule has 1 N–H and O–H groups in total. The topological polar surface area (TPSA) is 37.8 Å². The van der Waals surface area contributed by atoms with E-state index in [2.05, 4.69) is 27.9 Å². The van der Waals surface area contributed by atoms with E-state index in [1.165, 1.54) is 0 Å². The second-order valence-corrected chi connectivity index (χ2v) is 3.45. The molecule has 0 aliphatic carbocycles. The first-order chi connectivity index (χ1) is 5.77. The Morgan fingerprint density at radius 3 is 2.50 bits per heavy atom. The molecule has 1 rings (SSSR count). The summed E-state index contributed by atoms with van der Waals surface area (Å²) in [7, 11) is 0. The average Bonchev–Trinajstić information content (AvgIpc) is 2.47. The highest BCUT2D eigenvalue weighted by molar-refractivity contribution is 6.99. The van der Waals surface area contributed by atoms with Gasteiger partial charge in [-0.1, -0.05) is 25.4 Å². The monoisotopic (exact) mass is 205 g/mol. The Balaban J connectivity index is 2.56. The maximum Gasteiger partial charge on any atom is 0.186 e. The van der Waals surface area contributed by atoms with Crippen LogP contribution in [0.4, 0.5) is 5.82 Å². The SMILES string of the molecule is CCC(CC)Nc1nsnc1Cl. The summed E-state index contributed by atoms with van der Waals surface area (Å²) in [6.07, 6.45) is 2.15. The first-order valence-corrected chi connectivity index (χ1v) is 5.13. The zero-order valence-electron chi connectivity index (χ0n) is 7.17. The number of rotatable bonds is 4. The molecule has 1 aromatic rings. The third-order valence-electron chi connectivity index (χ3n) is 1.77.